The van der Waals surface area contributed by atoms with Gasteiger partial charge >= 0.3 is 6.03 Å². The minimum atomic E-state index is -5.31. The molecular weight excluding hydrogens is 1210 g/mol. The molecule has 2 aliphatic carbocycles. The Morgan fingerprint density at radius 3 is 1.02 bits per heavy atom. The second-order valence-corrected chi connectivity index (χ2v) is 25.0. The van der Waals surface area contributed by atoms with Crippen molar-refractivity contribution in [1.29, 1.82) is 0 Å². The van der Waals surface area contributed by atoms with E-state index in [-0.39, 0.29) is 56.4 Å². The molecule has 0 aliphatic heterocycles. The molecule has 0 spiro atoms. The number of fused-ring (bicyclic) bond motifs is 2. The molecule has 0 saturated heterocycles. The standard InChI is InChI=1S/C45H32N10O21S6/c56-43-33-13-5-27(17-23(33)19-39(81(71,72)73)41(43)54-52-35-15-7-29(21-37(35)79(65,66)67)50-48-25-1-9-31(10-2-25)77(59,60)61)46-45(58)47-28-6-14-34-24(18-28)20-40(82(74,75)76)42(44(34)57)55-53-36-16-8-30(22-38(36)80(68,69)70)51-49-26-3-11-32(12-4-26)78(62,63)64/h1-22,52-53H,(H2,46,47,58)(H,59,60,61)(H,62,63,64)(H,65,66,67)(H,68,69,70)(H,71,72,73)(H,74,75,76). The Hall–Kier alpha value is -8.99. The fourth-order valence-electron chi connectivity index (χ4n) is 7.32. The highest BCUT2D eigenvalue weighted by Crippen LogP contribution is 2.34. The molecule has 0 saturated carbocycles. The zero-order chi connectivity index (χ0) is 59.9. The van der Waals surface area contributed by atoms with E-state index in [9.17, 15) is 83.1 Å². The van der Waals surface area contributed by atoms with Crippen molar-refractivity contribution in [2.75, 3.05) is 21.5 Å². The van der Waals surface area contributed by atoms with Crippen molar-refractivity contribution in [2.24, 2.45) is 30.7 Å². The lowest BCUT2D eigenvalue weighted by molar-refractivity contribution is 0.105. The average Bonchev–Trinajstić information content (AvgIpc) is 3.57. The Morgan fingerprint density at radius 1 is 0.378 bits per heavy atom. The van der Waals surface area contributed by atoms with Crippen LogP contribution in [-0.4, -0.2) is 107 Å². The topological polar surface area (TPSA) is 500 Å². The number of carbonyl (C=O) groups excluding carboxylic acids is 3. The van der Waals surface area contributed by atoms with Gasteiger partial charge in [-0.05, 0) is 145 Å². The molecule has 82 heavy (non-hydrogen) atoms. The highest BCUT2D eigenvalue weighted by molar-refractivity contribution is 7.91. The first-order chi connectivity index (χ1) is 38.1. The number of hydrogen-bond acceptors (Lipinski definition) is 23. The van der Waals surface area contributed by atoms with Crippen molar-refractivity contribution in [3.63, 3.8) is 0 Å². The lowest BCUT2D eigenvalue weighted by Crippen LogP contribution is -2.28. The first-order valence-corrected chi connectivity index (χ1v) is 30.5. The number of ketones is 2. The van der Waals surface area contributed by atoms with E-state index in [1.807, 2.05) is 0 Å². The number of benzene rings is 6. The van der Waals surface area contributed by atoms with E-state index in [4.69, 9.17) is 9.11 Å². The number of Topliss-reactive ketones (excluding diaryl/α,β-unsaturated/α-hetero) is 2. The first-order valence-electron chi connectivity index (χ1n) is 21.9. The molecule has 8 rings (SSSR count). The molecule has 0 radical (unpaired) electrons. The van der Waals surface area contributed by atoms with Crippen molar-refractivity contribution < 1.29 is 92.2 Å². The molecule has 424 valence electrons. The zero-order valence-corrected chi connectivity index (χ0v) is 45.0. The second-order valence-electron chi connectivity index (χ2n) is 16.6. The number of urea groups is 1. The molecule has 0 atom stereocenters. The first kappa shape index (κ1) is 59.1. The van der Waals surface area contributed by atoms with Crippen LogP contribution < -0.4 is 21.5 Å². The van der Waals surface area contributed by atoms with Crippen LogP contribution >= 0.6 is 0 Å². The number of amides is 2. The van der Waals surface area contributed by atoms with Gasteiger partial charge in [-0.2, -0.15) is 81.2 Å². The molecule has 0 fully saturated rings. The molecule has 0 unspecified atom stereocenters. The average molecular weight is 1240 g/mol. The minimum Gasteiger partial charge on any atom is -0.308 e. The summed E-state index contributed by atoms with van der Waals surface area (Å²) < 4.78 is 204. The SMILES string of the molecule is O=C(Nc1ccc2c(c1)C=C(S(=O)(=O)O)C(=NNc1ccc(N=Nc3ccc(S(=O)(=O)O)cc3)cc1S(=O)(=O)O)C2=O)Nc1ccc2c(c1)C=C(S(=O)(=O)O)C(=NNc1ccc(N=Nc3ccc(S(=O)(=O)O)cc3)cc1S(=O)(=O)O)C2=O. The van der Waals surface area contributed by atoms with E-state index in [0.29, 0.717) is 0 Å². The maximum atomic E-state index is 13.7. The van der Waals surface area contributed by atoms with Crippen LogP contribution in [0, 0.1) is 0 Å². The van der Waals surface area contributed by atoms with Gasteiger partial charge < -0.3 is 10.6 Å². The number of allylic oxidation sites excluding steroid dienone is 2. The number of nitrogens with one attached hydrogen (secondary N) is 4. The predicted molar refractivity (Wildman–Crippen MR) is 289 cm³/mol. The van der Waals surface area contributed by atoms with Crippen molar-refractivity contribution in [1.82, 2.24) is 0 Å². The summed E-state index contributed by atoms with van der Waals surface area (Å²) in [5, 5.41) is 27.6. The van der Waals surface area contributed by atoms with Gasteiger partial charge in [0.1, 0.15) is 19.6 Å². The monoisotopic (exact) mass is 1240 g/mol. The third-order valence-electron chi connectivity index (χ3n) is 11.0. The smallest absolute Gasteiger partial charge is 0.308 e. The predicted octanol–water partition coefficient (Wildman–Crippen LogP) is 6.93. The molecule has 10 N–H and O–H groups in total. The lowest BCUT2D eigenvalue weighted by atomic mass is 9.94. The number of nitrogens with zero attached hydrogens (tertiary/aromatic N) is 6. The number of rotatable bonds is 16. The van der Waals surface area contributed by atoms with Gasteiger partial charge in [0.05, 0.1) is 43.9 Å². The maximum Gasteiger partial charge on any atom is 0.323 e. The summed E-state index contributed by atoms with van der Waals surface area (Å²) in [7, 11) is -29.9. The summed E-state index contributed by atoms with van der Waals surface area (Å²) in [5.74, 6) is -2.30. The molecular formula is C45H32N10O21S6. The van der Waals surface area contributed by atoms with Crippen LogP contribution in [0.3, 0.4) is 0 Å². The van der Waals surface area contributed by atoms with E-state index in [1.54, 1.807) is 0 Å². The summed E-state index contributed by atoms with van der Waals surface area (Å²) >= 11 is 0. The third-order valence-corrected chi connectivity index (χ3v) is 16.3. The lowest BCUT2D eigenvalue weighted by Gasteiger charge is -2.18. The highest BCUT2D eigenvalue weighted by Gasteiger charge is 2.35. The van der Waals surface area contributed by atoms with Crippen molar-refractivity contribution >= 4 is 147 Å². The minimum absolute atomic E-state index is 0.0537. The van der Waals surface area contributed by atoms with Crippen LogP contribution in [0.2, 0.25) is 0 Å². The highest BCUT2D eigenvalue weighted by atomic mass is 32.2. The van der Waals surface area contributed by atoms with E-state index in [2.05, 4.69) is 52.1 Å². The van der Waals surface area contributed by atoms with E-state index in [0.717, 1.165) is 121 Å². The largest absolute Gasteiger partial charge is 0.323 e. The Labute approximate surface area is 462 Å². The number of hydrogen-bond donors (Lipinski definition) is 10. The molecule has 2 aliphatic rings. The van der Waals surface area contributed by atoms with Gasteiger partial charge in [0.15, 0.2) is 11.4 Å². The number of azo groups is 2. The zero-order valence-electron chi connectivity index (χ0n) is 40.1. The van der Waals surface area contributed by atoms with Crippen LogP contribution in [0.25, 0.3) is 12.2 Å². The fourth-order valence-corrected chi connectivity index (χ4v) is 10.9. The Morgan fingerprint density at radius 2 is 0.707 bits per heavy atom. The van der Waals surface area contributed by atoms with Gasteiger partial charge in [0, 0.05) is 22.5 Å². The molecule has 6 aromatic rings. The molecule has 2 amide bonds. The van der Waals surface area contributed by atoms with Crippen LogP contribution in [0.15, 0.2) is 181 Å². The molecule has 0 aromatic heterocycles. The van der Waals surface area contributed by atoms with Gasteiger partial charge in [0.2, 0.25) is 11.6 Å². The molecule has 37 heteroatoms. The Bertz CT molecular complexity index is 4370. The van der Waals surface area contributed by atoms with E-state index in [1.165, 1.54) is 12.1 Å². The van der Waals surface area contributed by atoms with Gasteiger partial charge in [0.25, 0.3) is 60.7 Å². The third kappa shape index (κ3) is 13.8. The summed E-state index contributed by atoms with van der Waals surface area (Å²) in [6, 6.07) is 20.4. The quantitative estimate of drug-likeness (QED) is 0.0266. The van der Waals surface area contributed by atoms with Crippen LogP contribution in [0.5, 0.6) is 0 Å². The Kier molecular flexibility index (Phi) is 16.0. The number of anilines is 4. The summed E-state index contributed by atoms with van der Waals surface area (Å²) in [4.78, 5) is 35.8. The van der Waals surface area contributed by atoms with Crippen LogP contribution in [-0.2, 0) is 60.7 Å². The van der Waals surface area contributed by atoms with Gasteiger partial charge in [-0.15, -0.1) is 0 Å². The van der Waals surface area contributed by atoms with Gasteiger partial charge in [-0.3, -0.25) is 47.8 Å². The maximum absolute atomic E-state index is 13.7. The summed E-state index contributed by atoms with van der Waals surface area (Å²) in [5.41, 5.74) is -0.0489. The fraction of sp³-hybridized carbons (Fsp3) is 0. The van der Waals surface area contributed by atoms with E-state index >= 15 is 0 Å². The number of carbonyl (C=O) groups is 3. The molecule has 31 nitrogen and oxygen atoms in total. The van der Waals surface area contributed by atoms with Crippen LogP contribution in [0.1, 0.15) is 31.8 Å². The van der Waals surface area contributed by atoms with Gasteiger partial charge in [-0.25, -0.2) is 4.79 Å². The van der Waals surface area contributed by atoms with Gasteiger partial charge in [-0.1, -0.05) is 0 Å². The summed E-state index contributed by atoms with van der Waals surface area (Å²) in [6.07, 6.45) is 1.58. The Balaban J connectivity index is 0.981. The second kappa shape index (κ2) is 22.2. The van der Waals surface area contributed by atoms with Crippen molar-refractivity contribution in [3.8, 4) is 0 Å². The van der Waals surface area contributed by atoms with Crippen LogP contribution in [0.4, 0.5) is 50.3 Å². The normalized spacial score (nSPS) is 15.2. The van der Waals surface area contributed by atoms with Crippen molar-refractivity contribution in [3.05, 3.63) is 153 Å². The molecule has 6 aromatic carbocycles. The number of hydrazone groups is 2. The van der Waals surface area contributed by atoms with E-state index < -0.39 is 130 Å². The van der Waals surface area contributed by atoms with Crippen molar-refractivity contribution in [2.45, 2.75) is 19.6 Å². The summed E-state index contributed by atoms with van der Waals surface area (Å²) in [6.45, 7) is 0. The molecule has 0 bridgehead atoms. The molecule has 0 heterocycles.